The first kappa shape index (κ1) is 13.2. The van der Waals surface area contributed by atoms with Crippen molar-refractivity contribution in [1.29, 1.82) is 0 Å². The number of unbranched alkanes of at least 4 members (excludes halogenated alkanes) is 2. The zero-order valence-corrected chi connectivity index (χ0v) is 9.64. The number of ether oxygens (including phenoxy) is 1. The highest BCUT2D eigenvalue weighted by Crippen LogP contribution is 2.08. The van der Waals surface area contributed by atoms with E-state index in [0.29, 0.717) is 12.2 Å². The molecule has 0 heterocycles. The van der Waals surface area contributed by atoms with E-state index in [0.717, 1.165) is 18.8 Å². The van der Waals surface area contributed by atoms with Crippen LogP contribution in [0.2, 0.25) is 0 Å². The predicted molar refractivity (Wildman–Crippen MR) is 59.1 cm³/mol. The van der Waals surface area contributed by atoms with Crippen LogP contribution in [0.25, 0.3) is 0 Å². The standard InChI is InChI=1S/C12H22O2/c1-10(2)8-6-5-7-9-14-12(13)11(3)4/h10H,3,5-9H2,1-2,4H3. The molecule has 0 amide bonds. The second-order valence-corrected chi connectivity index (χ2v) is 4.16. The summed E-state index contributed by atoms with van der Waals surface area (Å²) in [5.74, 6) is 0.502. The van der Waals surface area contributed by atoms with Crippen LogP contribution in [0.4, 0.5) is 0 Å². The van der Waals surface area contributed by atoms with Gasteiger partial charge in [-0.25, -0.2) is 4.79 Å². The van der Waals surface area contributed by atoms with Crippen molar-refractivity contribution in [3.63, 3.8) is 0 Å². The van der Waals surface area contributed by atoms with Crippen LogP contribution >= 0.6 is 0 Å². The molecule has 0 aromatic rings. The number of esters is 1. The summed E-state index contributed by atoms with van der Waals surface area (Å²) in [5, 5.41) is 0. The van der Waals surface area contributed by atoms with Gasteiger partial charge in [-0.15, -0.1) is 0 Å². The maximum Gasteiger partial charge on any atom is 0.333 e. The lowest BCUT2D eigenvalue weighted by atomic mass is 10.1. The minimum atomic E-state index is -0.270. The fourth-order valence-electron chi connectivity index (χ4n) is 1.12. The van der Waals surface area contributed by atoms with Crippen LogP contribution in [0, 0.1) is 5.92 Å². The van der Waals surface area contributed by atoms with Gasteiger partial charge in [0, 0.05) is 5.57 Å². The molecule has 0 aromatic heterocycles. The largest absolute Gasteiger partial charge is 0.462 e. The summed E-state index contributed by atoms with van der Waals surface area (Å²) in [6.07, 6.45) is 4.59. The lowest BCUT2D eigenvalue weighted by Crippen LogP contribution is -2.06. The Balaban J connectivity index is 3.22. The number of hydrogen-bond acceptors (Lipinski definition) is 2. The van der Waals surface area contributed by atoms with Crippen molar-refractivity contribution in [3.8, 4) is 0 Å². The van der Waals surface area contributed by atoms with Gasteiger partial charge in [0.15, 0.2) is 0 Å². The SMILES string of the molecule is C=C(C)C(=O)OCCCCCC(C)C. The molecule has 0 aliphatic rings. The fraction of sp³-hybridized carbons (Fsp3) is 0.750. The van der Waals surface area contributed by atoms with Gasteiger partial charge in [-0.05, 0) is 19.3 Å². The Morgan fingerprint density at radius 2 is 1.93 bits per heavy atom. The number of carbonyl (C=O) groups excluding carboxylic acids is 1. The maximum atomic E-state index is 11.0. The Labute approximate surface area is 87.3 Å². The smallest absolute Gasteiger partial charge is 0.333 e. The third kappa shape index (κ3) is 7.84. The minimum absolute atomic E-state index is 0.270. The van der Waals surface area contributed by atoms with Crippen molar-refractivity contribution < 1.29 is 9.53 Å². The number of hydrogen-bond donors (Lipinski definition) is 0. The summed E-state index contributed by atoms with van der Waals surface area (Å²) in [7, 11) is 0. The van der Waals surface area contributed by atoms with E-state index in [2.05, 4.69) is 20.4 Å². The predicted octanol–water partition coefficient (Wildman–Crippen LogP) is 3.32. The Morgan fingerprint density at radius 1 is 1.29 bits per heavy atom. The van der Waals surface area contributed by atoms with Gasteiger partial charge in [0.25, 0.3) is 0 Å². The van der Waals surface area contributed by atoms with E-state index in [1.54, 1.807) is 6.92 Å². The van der Waals surface area contributed by atoms with Gasteiger partial charge >= 0.3 is 5.97 Å². The maximum absolute atomic E-state index is 11.0. The van der Waals surface area contributed by atoms with Gasteiger partial charge < -0.3 is 4.74 Å². The second kappa shape index (κ2) is 7.60. The van der Waals surface area contributed by atoms with Gasteiger partial charge in [-0.3, -0.25) is 0 Å². The van der Waals surface area contributed by atoms with Crippen molar-refractivity contribution in [1.82, 2.24) is 0 Å². The molecule has 2 heteroatoms. The first-order valence-corrected chi connectivity index (χ1v) is 5.36. The molecule has 0 atom stereocenters. The quantitative estimate of drug-likeness (QED) is 0.356. The van der Waals surface area contributed by atoms with Crippen LogP contribution in [0.3, 0.4) is 0 Å². The first-order chi connectivity index (χ1) is 6.54. The lowest BCUT2D eigenvalue weighted by Gasteiger charge is -2.05. The highest BCUT2D eigenvalue weighted by atomic mass is 16.5. The number of rotatable bonds is 7. The Kier molecular flexibility index (Phi) is 7.17. The second-order valence-electron chi connectivity index (χ2n) is 4.16. The lowest BCUT2D eigenvalue weighted by molar-refractivity contribution is -0.139. The average Bonchev–Trinajstić information content (AvgIpc) is 2.09. The zero-order chi connectivity index (χ0) is 11.0. The van der Waals surface area contributed by atoms with E-state index < -0.39 is 0 Å². The van der Waals surface area contributed by atoms with Gasteiger partial charge in [0.05, 0.1) is 6.61 Å². The Morgan fingerprint density at radius 3 is 2.43 bits per heavy atom. The van der Waals surface area contributed by atoms with E-state index in [-0.39, 0.29) is 5.97 Å². The van der Waals surface area contributed by atoms with E-state index in [1.165, 1.54) is 12.8 Å². The molecule has 0 aromatic carbocycles. The van der Waals surface area contributed by atoms with E-state index in [4.69, 9.17) is 4.74 Å². The molecule has 0 unspecified atom stereocenters. The van der Waals surface area contributed by atoms with Crippen molar-refractivity contribution >= 4 is 5.97 Å². The topological polar surface area (TPSA) is 26.3 Å². The monoisotopic (exact) mass is 198 g/mol. The molecule has 0 rings (SSSR count). The Bertz CT molecular complexity index is 183. The van der Waals surface area contributed by atoms with Crippen LogP contribution < -0.4 is 0 Å². The summed E-state index contributed by atoms with van der Waals surface area (Å²) in [4.78, 5) is 11.0. The van der Waals surface area contributed by atoms with E-state index in [1.807, 2.05) is 0 Å². The molecule has 82 valence electrons. The normalized spacial score (nSPS) is 10.3. The van der Waals surface area contributed by atoms with Crippen LogP contribution in [0.5, 0.6) is 0 Å². The number of carbonyl (C=O) groups is 1. The molecule has 0 saturated heterocycles. The van der Waals surface area contributed by atoms with Crippen molar-refractivity contribution in [2.24, 2.45) is 5.92 Å². The summed E-state index contributed by atoms with van der Waals surface area (Å²) >= 11 is 0. The van der Waals surface area contributed by atoms with Gasteiger partial charge in [0.2, 0.25) is 0 Å². The molecule has 2 nitrogen and oxygen atoms in total. The molecule has 0 spiro atoms. The van der Waals surface area contributed by atoms with Gasteiger partial charge in [0.1, 0.15) is 0 Å². The van der Waals surface area contributed by atoms with Crippen LogP contribution in [-0.4, -0.2) is 12.6 Å². The summed E-state index contributed by atoms with van der Waals surface area (Å²) < 4.78 is 4.97. The molecule has 0 bridgehead atoms. The molecule has 0 N–H and O–H groups in total. The van der Waals surface area contributed by atoms with Crippen molar-refractivity contribution in [2.45, 2.75) is 46.5 Å². The van der Waals surface area contributed by atoms with Crippen molar-refractivity contribution in [2.75, 3.05) is 6.61 Å². The molecule has 14 heavy (non-hydrogen) atoms. The van der Waals surface area contributed by atoms with E-state index in [9.17, 15) is 4.79 Å². The third-order valence-corrected chi connectivity index (χ3v) is 2.01. The molecular weight excluding hydrogens is 176 g/mol. The highest BCUT2D eigenvalue weighted by Gasteiger charge is 2.01. The molecule has 0 aliphatic carbocycles. The fourth-order valence-corrected chi connectivity index (χ4v) is 1.12. The van der Waals surface area contributed by atoms with E-state index >= 15 is 0 Å². The van der Waals surface area contributed by atoms with Crippen LogP contribution in [-0.2, 0) is 9.53 Å². The third-order valence-electron chi connectivity index (χ3n) is 2.01. The summed E-state index contributed by atoms with van der Waals surface area (Å²) in [6, 6.07) is 0. The first-order valence-electron chi connectivity index (χ1n) is 5.36. The Hall–Kier alpha value is -0.790. The molecule has 0 radical (unpaired) electrons. The minimum Gasteiger partial charge on any atom is -0.462 e. The van der Waals surface area contributed by atoms with Crippen molar-refractivity contribution in [3.05, 3.63) is 12.2 Å². The van der Waals surface area contributed by atoms with Crippen LogP contribution in [0.15, 0.2) is 12.2 Å². The average molecular weight is 198 g/mol. The summed E-state index contributed by atoms with van der Waals surface area (Å²) in [6.45, 7) is 10.2. The van der Waals surface area contributed by atoms with Gasteiger partial charge in [-0.2, -0.15) is 0 Å². The van der Waals surface area contributed by atoms with Gasteiger partial charge in [-0.1, -0.05) is 39.7 Å². The zero-order valence-electron chi connectivity index (χ0n) is 9.64. The highest BCUT2D eigenvalue weighted by molar-refractivity contribution is 5.86. The molecule has 0 saturated carbocycles. The molecular formula is C12H22O2. The summed E-state index contributed by atoms with van der Waals surface area (Å²) in [5.41, 5.74) is 0.479. The van der Waals surface area contributed by atoms with Crippen LogP contribution in [0.1, 0.15) is 46.5 Å². The molecule has 0 aliphatic heterocycles. The molecule has 0 fully saturated rings.